The summed E-state index contributed by atoms with van der Waals surface area (Å²) in [4.78, 5) is 58.6. The molecule has 164 valence electrons. The average molecular weight is 445 g/mol. The van der Waals surface area contributed by atoms with Crippen molar-refractivity contribution in [1.29, 1.82) is 0 Å². The quantitative estimate of drug-likeness (QED) is 0.441. The molecule has 1 aromatic carbocycles. The molecule has 0 spiro atoms. The first-order chi connectivity index (χ1) is 14.0. The van der Waals surface area contributed by atoms with Gasteiger partial charge in [-0.2, -0.15) is 0 Å². The molecular formula is C19H22ClFN2O7. The van der Waals surface area contributed by atoms with Gasteiger partial charge in [0.15, 0.2) is 6.67 Å². The molecule has 1 aromatic rings. The molecule has 0 aromatic heterocycles. The number of carbonyl (C=O) groups excluding carboxylic acids is 4. The molecule has 9 nitrogen and oxygen atoms in total. The molecule has 0 radical (unpaired) electrons. The maximum atomic E-state index is 12.5. The number of benzene rings is 1. The number of alkyl carbamates (subject to hydrolysis) is 1. The number of halogens is 2. The van der Waals surface area contributed by atoms with Crippen LogP contribution in [-0.2, 0) is 30.5 Å². The Balaban J connectivity index is 2.78. The van der Waals surface area contributed by atoms with Gasteiger partial charge in [0.05, 0.1) is 6.42 Å². The Morgan fingerprint density at radius 3 is 2.20 bits per heavy atom. The van der Waals surface area contributed by atoms with Crippen LogP contribution in [0.4, 0.5) is 9.18 Å². The highest BCUT2D eigenvalue weighted by Crippen LogP contribution is 2.11. The highest BCUT2D eigenvalue weighted by Gasteiger charge is 2.32. The number of ether oxygens (including phenoxy) is 1. The summed E-state index contributed by atoms with van der Waals surface area (Å²) in [5, 5.41) is 13.8. The molecule has 3 N–H and O–H groups in total. The summed E-state index contributed by atoms with van der Waals surface area (Å²) in [5.74, 6) is -5.71. The van der Waals surface area contributed by atoms with Gasteiger partial charge in [-0.1, -0.05) is 37.6 Å². The number of carbonyl (C=O) groups is 5. The summed E-state index contributed by atoms with van der Waals surface area (Å²) < 4.78 is 17.5. The van der Waals surface area contributed by atoms with Gasteiger partial charge < -0.3 is 20.5 Å². The summed E-state index contributed by atoms with van der Waals surface area (Å²) in [5.41, 5.74) is 0.650. The molecule has 2 amide bonds. The van der Waals surface area contributed by atoms with Crippen LogP contribution in [0.25, 0.3) is 0 Å². The molecular weight excluding hydrogens is 423 g/mol. The summed E-state index contributed by atoms with van der Waals surface area (Å²) in [7, 11) is 0. The minimum Gasteiger partial charge on any atom is -0.481 e. The van der Waals surface area contributed by atoms with Crippen LogP contribution >= 0.6 is 11.6 Å². The predicted octanol–water partition coefficient (Wildman–Crippen LogP) is 1.66. The fourth-order valence-corrected chi connectivity index (χ4v) is 2.46. The zero-order valence-electron chi connectivity index (χ0n) is 16.3. The molecule has 0 saturated heterocycles. The van der Waals surface area contributed by atoms with Crippen molar-refractivity contribution in [1.82, 2.24) is 10.6 Å². The maximum Gasteiger partial charge on any atom is 0.408 e. The minimum atomic E-state index is -1.76. The summed E-state index contributed by atoms with van der Waals surface area (Å²) in [6.45, 7) is 1.46. The Kier molecular flexibility index (Phi) is 9.90. The number of nitrogens with one attached hydrogen (secondary N) is 2. The van der Waals surface area contributed by atoms with Crippen molar-refractivity contribution in [3.63, 3.8) is 0 Å². The SMILES string of the molecule is CC(C)[C@H](NC(=O)OCc1ccc(Cl)cc1)C(=O)N[C@@H](CC(=O)O)C(=O)C(=O)CF. The Bertz CT molecular complexity index is 799. The first kappa shape index (κ1) is 25.0. The highest BCUT2D eigenvalue weighted by atomic mass is 35.5. The Hall–Kier alpha value is -3.01. The van der Waals surface area contributed by atoms with Crippen molar-refractivity contribution in [2.24, 2.45) is 5.92 Å². The van der Waals surface area contributed by atoms with Gasteiger partial charge in [-0.15, -0.1) is 0 Å². The van der Waals surface area contributed by atoms with Crippen molar-refractivity contribution in [3.05, 3.63) is 34.9 Å². The number of Topliss-reactive ketones (excluding diaryl/α,β-unsaturated/α-hetero) is 2. The molecule has 0 saturated carbocycles. The van der Waals surface area contributed by atoms with Gasteiger partial charge >= 0.3 is 12.1 Å². The summed E-state index contributed by atoms with van der Waals surface area (Å²) in [6.07, 6.45) is -1.85. The number of ketones is 2. The van der Waals surface area contributed by atoms with E-state index in [0.29, 0.717) is 10.6 Å². The standard InChI is InChI=1S/C19H22ClFN2O7/c1-10(2)16(23-19(29)30-9-11-3-5-12(20)6-4-11)18(28)22-13(7-15(25)26)17(27)14(24)8-21/h3-6,10,13,16H,7-9H2,1-2H3,(H,22,28)(H,23,29)(H,25,26)/t13-,16-/m0/s1. The van der Waals surface area contributed by atoms with Crippen molar-refractivity contribution in [2.45, 2.75) is 39.0 Å². The lowest BCUT2D eigenvalue weighted by Crippen LogP contribution is -2.55. The second-order valence-electron chi connectivity index (χ2n) is 6.65. The van der Waals surface area contributed by atoms with Crippen LogP contribution in [0.5, 0.6) is 0 Å². The first-order valence-corrected chi connectivity index (χ1v) is 9.25. The van der Waals surface area contributed by atoms with Crippen molar-refractivity contribution in [3.8, 4) is 0 Å². The third kappa shape index (κ3) is 8.16. The van der Waals surface area contributed by atoms with E-state index in [1.165, 1.54) is 0 Å². The highest BCUT2D eigenvalue weighted by molar-refractivity contribution is 6.40. The lowest BCUT2D eigenvalue weighted by atomic mass is 10.0. The van der Waals surface area contributed by atoms with Crippen LogP contribution < -0.4 is 10.6 Å². The Morgan fingerprint density at radius 2 is 1.70 bits per heavy atom. The number of alkyl halides is 1. The second-order valence-corrected chi connectivity index (χ2v) is 7.09. The van der Waals surface area contributed by atoms with Gasteiger partial charge in [0.25, 0.3) is 0 Å². The topological polar surface area (TPSA) is 139 Å². The van der Waals surface area contributed by atoms with Crippen molar-refractivity contribution in [2.75, 3.05) is 6.67 Å². The number of aliphatic carboxylic acids is 1. The van der Waals surface area contributed by atoms with E-state index in [2.05, 4.69) is 10.6 Å². The average Bonchev–Trinajstić information content (AvgIpc) is 2.69. The fourth-order valence-electron chi connectivity index (χ4n) is 2.34. The fraction of sp³-hybridized carbons (Fsp3) is 0.421. The van der Waals surface area contributed by atoms with Gasteiger partial charge in [0.1, 0.15) is 18.7 Å². The molecule has 11 heteroatoms. The zero-order chi connectivity index (χ0) is 22.8. The normalized spacial score (nSPS) is 12.6. The number of hydrogen-bond donors (Lipinski definition) is 3. The van der Waals surface area contributed by atoms with Crippen LogP contribution in [0.2, 0.25) is 5.02 Å². The molecule has 30 heavy (non-hydrogen) atoms. The van der Waals surface area contributed by atoms with Gasteiger partial charge in [0, 0.05) is 5.02 Å². The number of rotatable bonds is 11. The summed E-state index contributed by atoms with van der Waals surface area (Å²) in [6, 6.07) is 3.55. The molecule has 0 unspecified atom stereocenters. The van der Waals surface area contributed by atoms with E-state index in [1.54, 1.807) is 38.1 Å². The van der Waals surface area contributed by atoms with Crippen molar-refractivity contribution >= 4 is 41.1 Å². The van der Waals surface area contributed by atoms with Crippen molar-refractivity contribution < 1.29 is 38.2 Å². The van der Waals surface area contributed by atoms with Crippen LogP contribution in [0.15, 0.2) is 24.3 Å². The lowest BCUT2D eigenvalue weighted by molar-refractivity contribution is -0.143. The largest absolute Gasteiger partial charge is 0.481 e. The van der Waals surface area contributed by atoms with Gasteiger partial charge in [0.2, 0.25) is 17.5 Å². The van der Waals surface area contributed by atoms with Gasteiger partial charge in [-0.05, 0) is 23.6 Å². The Morgan fingerprint density at radius 1 is 1.10 bits per heavy atom. The smallest absolute Gasteiger partial charge is 0.408 e. The van der Waals surface area contributed by atoms with E-state index in [0.717, 1.165) is 0 Å². The van der Waals surface area contributed by atoms with E-state index < -0.39 is 60.6 Å². The van der Waals surface area contributed by atoms with Crippen LogP contribution in [0, 0.1) is 5.92 Å². The molecule has 0 bridgehead atoms. The Labute approximate surface area is 176 Å². The number of carboxylic acids is 1. The monoisotopic (exact) mass is 444 g/mol. The van der Waals surface area contributed by atoms with Gasteiger partial charge in [-0.25, -0.2) is 9.18 Å². The minimum absolute atomic E-state index is 0.0967. The molecule has 2 atom stereocenters. The molecule has 0 aliphatic heterocycles. The molecule has 0 fully saturated rings. The molecule has 1 rings (SSSR count). The molecule has 0 aliphatic rings. The molecule has 0 heterocycles. The van der Waals surface area contributed by atoms with Crippen LogP contribution in [0.3, 0.4) is 0 Å². The van der Waals surface area contributed by atoms with E-state index in [9.17, 15) is 28.4 Å². The van der Waals surface area contributed by atoms with E-state index >= 15 is 0 Å². The third-order valence-corrected chi connectivity index (χ3v) is 4.17. The van der Waals surface area contributed by atoms with Crippen LogP contribution in [-0.4, -0.2) is 53.4 Å². The lowest BCUT2D eigenvalue weighted by Gasteiger charge is -2.24. The number of amides is 2. The summed E-state index contributed by atoms with van der Waals surface area (Å²) >= 11 is 5.77. The van der Waals surface area contributed by atoms with E-state index in [1.807, 2.05) is 0 Å². The second kappa shape index (κ2) is 11.9. The number of carboxylic acid groups (broad SMARTS) is 1. The first-order valence-electron chi connectivity index (χ1n) is 8.88. The maximum absolute atomic E-state index is 12.5. The zero-order valence-corrected chi connectivity index (χ0v) is 17.1. The van der Waals surface area contributed by atoms with Gasteiger partial charge in [-0.3, -0.25) is 19.2 Å². The van der Waals surface area contributed by atoms with E-state index in [4.69, 9.17) is 21.4 Å². The number of hydrogen-bond acceptors (Lipinski definition) is 6. The third-order valence-electron chi connectivity index (χ3n) is 3.91. The van der Waals surface area contributed by atoms with E-state index in [-0.39, 0.29) is 6.61 Å². The van der Waals surface area contributed by atoms with Crippen LogP contribution in [0.1, 0.15) is 25.8 Å². The molecule has 0 aliphatic carbocycles. The predicted molar refractivity (Wildman–Crippen MR) is 104 cm³/mol.